The van der Waals surface area contributed by atoms with Gasteiger partial charge in [0.1, 0.15) is 0 Å². The molecule has 0 aromatic heterocycles. The van der Waals surface area contributed by atoms with Crippen LogP contribution in [0, 0.1) is 6.92 Å². The molecule has 0 aliphatic rings. The van der Waals surface area contributed by atoms with Crippen molar-refractivity contribution in [1.29, 1.82) is 0 Å². The third-order valence-electron chi connectivity index (χ3n) is 3.66. The van der Waals surface area contributed by atoms with Gasteiger partial charge >= 0.3 is 0 Å². The van der Waals surface area contributed by atoms with Gasteiger partial charge in [0.15, 0.2) is 0 Å². The van der Waals surface area contributed by atoms with Crippen LogP contribution in [0.15, 0.2) is 47.4 Å². The minimum Gasteiger partial charge on any atom is -0.397 e. The van der Waals surface area contributed by atoms with E-state index in [0.29, 0.717) is 17.2 Å². The molecular weight excluding hydrogens is 348 g/mol. The number of hydrogen-bond donors (Lipinski definition) is 1. The quantitative estimate of drug-likeness (QED) is 0.762. The molecule has 0 aliphatic carbocycles. The van der Waals surface area contributed by atoms with Gasteiger partial charge in [-0.05, 0) is 30.2 Å². The van der Waals surface area contributed by atoms with E-state index in [1.54, 1.807) is 20.1 Å². The second kappa shape index (κ2) is 7.98. The SMILES string of the molecule is COCCN(Cc1ccccc1)S(=O)(=O)c1cc(N)c(Cl)cc1C. The number of ether oxygens (including phenoxy) is 1. The first-order valence-electron chi connectivity index (χ1n) is 7.45. The molecule has 0 bridgehead atoms. The zero-order valence-electron chi connectivity index (χ0n) is 13.7. The van der Waals surface area contributed by atoms with Crippen LogP contribution in [0.1, 0.15) is 11.1 Å². The second-order valence-corrected chi connectivity index (χ2v) is 7.77. The number of aryl methyl sites for hydroxylation is 1. The lowest BCUT2D eigenvalue weighted by atomic mass is 10.2. The average molecular weight is 369 g/mol. The molecule has 130 valence electrons. The van der Waals surface area contributed by atoms with E-state index in [-0.39, 0.29) is 23.7 Å². The van der Waals surface area contributed by atoms with Gasteiger partial charge in [-0.1, -0.05) is 41.9 Å². The fourth-order valence-corrected chi connectivity index (χ4v) is 4.22. The van der Waals surface area contributed by atoms with Crippen LogP contribution >= 0.6 is 11.6 Å². The first kappa shape index (κ1) is 18.7. The van der Waals surface area contributed by atoms with E-state index < -0.39 is 10.0 Å². The van der Waals surface area contributed by atoms with Gasteiger partial charge in [-0.25, -0.2) is 8.42 Å². The normalized spacial score (nSPS) is 11.8. The van der Waals surface area contributed by atoms with Crippen molar-refractivity contribution in [2.24, 2.45) is 0 Å². The summed E-state index contributed by atoms with van der Waals surface area (Å²) < 4.78 is 32.6. The molecule has 2 aromatic carbocycles. The summed E-state index contributed by atoms with van der Waals surface area (Å²) in [5.74, 6) is 0. The fraction of sp³-hybridized carbons (Fsp3) is 0.294. The highest BCUT2D eigenvalue weighted by Crippen LogP contribution is 2.28. The van der Waals surface area contributed by atoms with Crippen LogP contribution in [-0.4, -0.2) is 33.0 Å². The predicted octanol–water partition coefficient (Wildman–Crippen LogP) is 3.07. The van der Waals surface area contributed by atoms with Gasteiger partial charge in [0, 0.05) is 20.2 Å². The van der Waals surface area contributed by atoms with Gasteiger partial charge in [-0.15, -0.1) is 0 Å². The number of methoxy groups -OCH3 is 1. The number of sulfonamides is 1. The first-order chi connectivity index (χ1) is 11.4. The van der Waals surface area contributed by atoms with E-state index in [2.05, 4.69) is 0 Å². The second-order valence-electron chi connectivity index (χ2n) is 5.46. The number of nitrogens with zero attached hydrogens (tertiary/aromatic N) is 1. The van der Waals surface area contributed by atoms with Crippen molar-refractivity contribution < 1.29 is 13.2 Å². The van der Waals surface area contributed by atoms with Crippen molar-refractivity contribution in [2.45, 2.75) is 18.4 Å². The van der Waals surface area contributed by atoms with Gasteiger partial charge in [0.05, 0.1) is 22.2 Å². The number of rotatable bonds is 7. The molecule has 0 fully saturated rings. The third kappa shape index (κ3) is 4.27. The summed E-state index contributed by atoms with van der Waals surface area (Å²) in [6.07, 6.45) is 0. The van der Waals surface area contributed by atoms with Crippen molar-refractivity contribution in [1.82, 2.24) is 4.31 Å². The monoisotopic (exact) mass is 368 g/mol. The van der Waals surface area contributed by atoms with Gasteiger partial charge in [-0.2, -0.15) is 4.31 Å². The molecule has 0 saturated carbocycles. The van der Waals surface area contributed by atoms with Crippen LogP contribution in [0.25, 0.3) is 0 Å². The molecule has 5 nitrogen and oxygen atoms in total. The Morgan fingerprint density at radius 3 is 2.50 bits per heavy atom. The van der Waals surface area contributed by atoms with E-state index in [9.17, 15) is 8.42 Å². The van der Waals surface area contributed by atoms with Crippen molar-refractivity contribution in [3.63, 3.8) is 0 Å². The molecule has 0 heterocycles. The molecule has 0 aliphatic heterocycles. The number of hydrogen-bond acceptors (Lipinski definition) is 4. The van der Waals surface area contributed by atoms with Crippen LogP contribution in [0.3, 0.4) is 0 Å². The van der Waals surface area contributed by atoms with E-state index in [1.807, 2.05) is 30.3 Å². The fourth-order valence-electron chi connectivity index (χ4n) is 2.35. The predicted molar refractivity (Wildman–Crippen MR) is 96.5 cm³/mol. The lowest BCUT2D eigenvalue weighted by Crippen LogP contribution is -2.34. The molecule has 0 radical (unpaired) electrons. The minimum absolute atomic E-state index is 0.163. The van der Waals surface area contributed by atoms with Gasteiger partial charge in [0.25, 0.3) is 0 Å². The summed E-state index contributed by atoms with van der Waals surface area (Å²) in [4.78, 5) is 0.163. The van der Waals surface area contributed by atoms with Gasteiger partial charge < -0.3 is 10.5 Å². The van der Waals surface area contributed by atoms with E-state index >= 15 is 0 Å². The molecule has 2 rings (SSSR count). The number of halogens is 1. The van der Waals surface area contributed by atoms with E-state index in [1.165, 1.54) is 10.4 Å². The lowest BCUT2D eigenvalue weighted by molar-refractivity contribution is 0.177. The average Bonchev–Trinajstić information content (AvgIpc) is 2.55. The Morgan fingerprint density at radius 2 is 1.88 bits per heavy atom. The topological polar surface area (TPSA) is 72.6 Å². The Bertz CT molecular complexity index is 795. The van der Waals surface area contributed by atoms with Crippen LogP contribution in [-0.2, 0) is 21.3 Å². The maximum absolute atomic E-state index is 13.1. The largest absolute Gasteiger partial charge is 0.397 e. The summed E-state index contributed by atoms with van der Waals surface area (Å²) in [6.45, 7) is 2.51. The lowest BCUT2D eigenvalue weighted by Gasteiger charge is -2.23. The van der Waals surface area contributed by atoms with Gasteiger partial charge in [0.2, 0.25) is 10.0 Å². The zero-order chi connectivity index (χ0) is 17.7. The molecule has 24 heavy (non-hydrogen) atoms. The summed E-state index contributed by atoms with van der Waals surface area (Å²) in [6, 6.07) is 12.4. The molecular formula is C17H21ClN2O3S. The van der Waals surface area contributed by atoms with Crippen LogP contribution < -0.4 is 5.73 Å². The Kier molecular flexibility index (Phi) is 6.23. The highest BCUT2D eigenvalue weighted by atomic mass is 35.5. The molecule has 0 spiro atoms. The molecule has 2 N–H and O–H groups in total. The molecule has 2 aromatic rings. The smallest absolute Gasteiger partial charge is 0.243 e. The van der Waals surface area contributed by atoms with E-state index in [0.717, 1.165) is 5.56 Å². The van der Waals surface area contributed by atoms with Crippen molar-refractivity contribution in [3.8, 4) is 0 Å². The molecule has 0 saturated heterocycles. The highest BCUT2D eigenvalue weighted by Gasteiger charge is 2.27. The minimum atomic E-state index is -3.73. The van der Waals surface area contributed by atoms with Crippen molar-refractivity contribution in [3.05, 3.63) is 58.6 Å². The van der Waals surface area contributed by atoms with Gasteiger partial charge in [-0.3, -0.25) is 0 Å². The molecule has 0 unspecified atom stereocenters. The maximum Gasteiger partial charge on any atom is 0.243 e. The number of nitrogen functional groups attached to an aromatic ring is 1. The number of nitrogens with two attached hydrogens (primary N) is 1. The highest BCUT2D eigenvalue weighted by molar-refractivity contribution is 7.89. The Labute approximate surface area is 148 Å². The summed E-state index contributed by atoms with van der Waals surface area (Å²) in [5, 5.41) is 0.345. The number of benzene rings is 2. The number of anilines is 1. The maximum atomic E-state index is 13.1. The van der Waals surface area contributed by atoms with Crippen molar-refractivity contribution >= 4 is 27.3 Å². The van der Waals surface area contributed by atoms with Crippen LogP contribution in [0.5, 0.6) is 0 Å². The Morgan fingerprint density at radius 1 is 1.21 bits per heavy atom. The van der Waals surface area contributed by atoms with Crippen LogP contribution in [0.2, 0.25) is 5.02 Å². The summed E-state index contributed by atoms with van der Waals surface area (Å²) >= 11 is 5.98. The van der Waals surface area contributed by atoms with Crippen LogP contribution in [0.4, 0.5) is 5.69 Å². The molecule has 0 atom stereocenters. The third-order valence-corrected chi connectivity index (χ3v) is 5.97. The van der Waals surface area contributed by atoms with Crippen molar-refractivity contribution in [2.75, 3.05) is 26.0 Å². The van der Waals surface area contributed by atoms with E-state index in [4.69, 9.17) is 22.1 Å². The summed E-state index contributed by atoms with van der Waals surface area (Å²) in [5.41, 5.74) is 7.50. The molecule has 7 heteroatoms. The standard InChI is InChI=1S/C17H21ClN2O3S/c1-13-10-15(18)16(19)11-17(13)24(21,22)20(8-9-23-2)12-14-6-4-3-5-7-14/h3-7,10-11H,8-9,12,19H2,1-2H3. The molecule has 0 amide bonds. The zero-order valence-corrected chi connectivity index (χ0v) is 15.3. The summed E-state index contributed by atoms with van der Waals surface area (Å²) in [7, 11) is -2.19. The Balaban J connectivity index is 2.41. The Hall–Kier alpha value is -1.60. The first-order valence-corrected chi connectivity index (χ1v) is 9.26.